The summed E-state index contributed by atoms with van der Waals surface area (Å²) in [5.74, 6) is 1.25. The molecule has 0 saturated carbocycles. The molecule has 122 valence electrons. The second kappa shape index (κ2) is 7.77. The van der Waals surface area contributed by atoms with E-state index in [4.69, 9.17) is 0 Å². The zero-order valence-corrected chi connectivity index (χ0v) is 14.4. The molecular weight excluding hydrogens is 272 g/mol. The quantitative estimate of drug-likeness (QED) is 0.874. The van der Waals surface area contributed by atoms with Gasteiger partial charge in [0.1, 0.15) is 0 Å². The van der Waals surface area contributed by atoms with Crippen LogP contribution >= 0.6 is 0 Å². The highest BCUT2D eigenvalue weighted by molar-refractivity contribution is 5.76. The summed E-state index contributed by atoms with van der Waals surface area (Å²) in [6, 6.07) is 6.49. The first-order valence-electron chi connectivity index (χ1n) is 8.54. The summed E-state index contributed by atoms with van der Waals surface area (Å²) in [5, 5.41) is 6.60. The minimum absolute atomic E-state index is 0.0739. The zero-order valence-electron chi connectivity index (χ0n) is 14.4. The summed E-state index contributed by atoms with van der Waals surface area (Å²) in [7, 11) is 0. The minimum atomic E-state index is 0.0739. The summed E-state index contributed by atoms with van der Waals surface area (Å²) < 4.78 is 0. The Morgan fingerprint density at radius 3 is 2.77 bits per heavy atom. The minimum Gasteiger partial charge on any atom is -0.350 e. The fraction of sp³-hybridized carbons (Fsp3) is 0.632. The van der Waals surface area contributed by atoms with Gasteiger partial charge in [0.2, 0.25) is 5.91 Å². The van der Waals surface area contributed by atoms with Gasteiger partial charge >= 0.3 is 0 Å². The maximum absolute atomic E-state index is 12.3. The van der Waals surface area contributed by atoms with E-state index in [9.17, 15) is 4.79 Å². The Morgan fingerprint density at radius 2 is 2.14 bits per heavy atom. The van der Waals surface area contributed by atoms with Crippen LogP contribution < -0.4 is 10.6 Å². The van der Waals surface area contributed by atoms with E-state index in [0.717, 1.165) is 13.1 Å². The lowest BCUT2D eigenvalue weighted by molar-refractivity contribution is -0.123. The van der Waals surface area contributed by atoms with E-state index in [0.29, 0.717) is 18.3 Å². The van der Waals surface area contributed by atoms with Gasteiger partial charge in [-0.25, -0.2) is 0 Å². The third-order valence-corrected chi connectivity index (χ3v) is 4.92. The van der Waals surface area contributed by atoms with E-state index in [-0.39, 0.29) is 11.9 Å². The number of rotatable bonds is 5. The second-order valence-corrected chi connectivity index (χ2v) is 6.94. The number of hydrogen-bond donors (Lipinski definition) is 2. The molecule has 1 amide bonds. The molecule has 2 rings (SSSR count). The molecule has 1 aromatic rings. The van der Waals surface area contributed by atoms with E-state index < -0.39 is 0 Å². The average Bonchev–Trinajstić information content (AvgIpc) is 2.47. The molecule has 1 saturated heterocycles. The molecule has 3 atom stereocenters. The lowest BCUT2D eigenvalue weighted by atomic mass is 9.85. The molecule has 1 aromatic carbocycles. The molecule has 1 aliphatic heterocycles. The van der Waals surface area contributed by atoms with Crippen molar-refractivity contribution in [3.8, 4) is 0 Å². The van der Waals surface area contributed by atoms with Gasteiger partial charge in [-0.05, 0) is 69.7 Å². The van der Waals surface area contributed by atoms with Crippen molar-refractivity contribution in [1.82, 2.24) is 10.6 Å². The largest absolute Gasteiger partial charge is 0.350 e. The Morgan fingerprint density at radius 1 is 1.36 bits per heavy atom. The third kappa shape index (κ3) is 4.57. The lowest BCUT2D eigenvalue weighted by Gasteiger charge is -2.28. The maximum atomic E-state index is 12.3. The number of amides is 1. The van der Waals surface area contributed by atoms with Gasteiger partial charge in [-0.1, -0.05) is 30.7 Å². The number of hydrogen-bond acceptors (Lipinski definition) is 2. The van der Waals surface area contributed by atoms with E-state index in [1.54, 1.807) is 0 Å². The first-order valence-corrected chi connectivity index (χ1v) is 8.54. The number of piperidine rings is 1. The smallest absolute Gasteiger partial charge is 0.220 e. The van der Waals surface area contributed by atoms with Crippen LogP contribution in [0, 0.1) is 25.7 Å². The topological polar surface area (TPSA) is 41.1 Å². The Bertz CT molecular complexity index is 506. The third-order valence-electron chi connectivity index (χ3n) is 4.92. The van der Waals surface area contributed by atoms with Gasteiger partial charge in [-0.2, -0.15) is 0 Å². The van der Waals surface area contributed by atoms with Crippen molar-refractivity contribution in [2.75, 3.05) is 13.1 Å². The number of carbonyl (C=O) groups is 1. The van der Waals surface area contributed by atoms with E-state index >= 15 is 0 Å². The molecule has 0 radical (unpaired) electrons. The molecule has 0 aromatic heterocycles. The number of benzene rings is 1. The summed E-state index contributed by atoms with van der Waals surface area (Å²) in [4.78, 5) is 12.3. The highest BCUT2D eigenvalue weighted by atomic mass is 16.1. The van der Waals surface area contributed by atoms with Gasteiger partial charge < -0.3 is 10.6 Å². The van der Waals surface area contributed by atoms with Crippen molar-refractivity contribution in [3.63, 3.8) is 0 Å². The molecule has 22 heavy (non-hydrogen) atoms. The average molecular weight is 302 g/mol. The summed E-state index contributed by atoms with van der Waals surface area (Å²) in [6.45, 7) is 10.7. The van der Waals surface area contributed by atoms with Gasteiger partial charge in [0.15, 0.2) is 0 Å². The van der Waals surface area contributed by atoms with Gasteiger partial charge in [0.25, 0.3) is 0 Å². The number of nitrogens with one attached hydrogen (secondary N) is 2. The predicted molar refractivity (Wildman–Crippen MR) is 91.8 cm³/mol. The van der Waals surface area contributed by atoms with Gasteiger partial charge in [-0.3, -0.25) is 4.79 Å². The van der Waals surface area contributed by atoms with Crippen LogP contribution in [0.2, 0.25) is 0 Å². The Kier molecular flexibility index (Phi) is 6.01. The molecule has 1 fully saturated rings. The summed E-state index contributed by atoms with van der Waals surface area (Å²) >= 11 is 0. The molecule has 2 N–H and O–H groups in total. The van der Waals surface area contributed by atoms with Crippen molar-refractivity contribution in [2.24, 2.45) is 11.8 Å². The standard InChI is InChI=1S/C19H30N2O/c1-13-7-8-18(15(3)10-13)16(4)21-19(22)11-14(2)17-6-5-9-20-12-17/h7-8,10,14,16-17,20H,5-6,9,11-12H2,1-4H3,(H,21,22). The monoisotopic (exact) mass is 302 g/mol. The Hall–Kier alpha value is -1.35. The molecule has 1 heterocycles. The predicted octanol–water partition coefficient (Wildman–Crippen LogP) is 3.51. The molecule has 0 bridgehead atoms. The van der Waals surface area contributed by atoms with Crippen molar-refractivity contribution in [2.45, 2.75) is 53.0 Å². The Balaban J connectivity index is 1.87. The fourth-order valence-corrected chi connectivity index (χ4v) is 3.51. The van der Waals surface area contributed by atoms with Crippen molar-refractivity contribution >= 4 is 5.91 Å². The van der Waals surface area contributed by atoms with Gasteiger partial charge in [-0.15, -0.1) is 0 Å². The Labute approximate surface area is 134 Å². The van der Waals surface area contributed by atoms with E-state index in [1.807, 2.05) is 0 Å². The molecule has 0 spiro atoms. The SMILES string of the molecule is Cc1ccc(C(C)NC(=O)CC(C)C2CCCNC2)c(C)c1. The molecular formula is C19H30N2O. The van der Waals surface area contributed by atoms with Crippen LogP contribution in [0.3, 0.4) is 0 Å². The first-order chi connectivity index (χ1) is 10.5. The van der Waals surface area contributed by atoms with E-state index in [1.165, 1.54) is 29.5 Å². The van der Waals surface area contributed by atoms with Crippen molar-refractivity contribution < 1.29 is 4.79 Å². The highest BCUT2D eigenvalue weighted by Gasteiger charge is 2.22. The van der Waals surface area contributed by atoms with Crippen LogP contribution in [0.1, 0.15) is 55.8 Å². The summed E-state index contributed by atoms with van der Waals surface area (Å²) in [5.41, 5.74) is 3.72. The van der Waals surface area contributed by atoms with E-state index in [2.05, 4.69) is 56.5 Å². The van der Waals surface area contributed by atoms with Crippen LogP contribution in [-0.4, -0.2) is 19.0 Å². The van der Waals surface area contributed by atoms with Crippen LogP contribution in [0.15, 0.2) is 18.2 Å². The number of aryl methyl sites for hydroxylation is 2. The zero-order chi connectivity index (χ0) is 16.1. The molecule has 3 heteroatoms. The van der Waals surface area contributed by atoms with Crippen LogP contribution in [0.5, 0.6) is 0 Å². The van der Waals surface area contributed by atoms with Crippen LogP contribution in [0.25, 0.3) is 0 Å². The number of carbonyl (C=O) groups excluding carboxylic acids is 1. The normalized spacial score (nSPS) is 21.2. The van der Waals surface area contributed by atoms with Gasteiger partial charge in [0, 0.05) is 6.42 Å². The molecule has 1 aliphatic rings. The van der Waals surface area contributed by atoms with Crippen LogP contribution in [-0.2, 0) is 4.79 Å². The fourth-order valence-electron chi connectivity index (χ4n) is 3.51. The first kappa shape index (κ1) is 17.0. The van der Waals surface area contributed by atoms with Crippen molar-refractivity contribution in [3.05, 3.63) is 34.9 Å². The van der Waals surface area contributed by atoms with Crippen LogP contribution in [0.4, 0.5) is 0 Å². The lowest BCUT2D eigenvalue weighted by Crippen LogP contribution is -2.36. The maximum Gasteiger partial charge on any atom is 0.220 e. The molecule has 3 unspecified atom stereocenters. The molecule has 0 aliphatic carbocycles. The highest BCUT2D eigenvalue weighted by Crippen LogP contribution is 2.23. The molecule has 3 nitrogen and oxygen atoms in total. The van der Waals surface area contributed by atoms with Crippen molar-refractivity contribution in [1.29, 1.82) is 0 Å². The second-order valence-electron chi connectivity index (χ2n) is 6.94. The van der Waals surface area contributed by atoms with Gasteiger partial charge in [0.05, 0.1) is 6.04 Å². The summed E-state index contributed by atoms with van der Waals surface area (Å²) in [6.07, 6.45) is 3.10.